The highest BCUT2D eigenvalue weighted by Crippen LogP contribution is 2.34. The van der Waals surface area contributed by atoms with E-state index in [1.807, 2.05) is 6.07 Å². The van der Waals surface area contributed by atoms with Crippen LogP contribution in [0.4, 0.5) is 0 Å². The van der Waals surface area contributed by atoms with Crippen LogP contribution in [0, 0.1) is 5.92 Å². The Hall–Kier alpha value is -1.37. The number of hydrogen-bond donors (Lipinski definition) is 0. The first-order valence-electron chi connectivity index (χ1n) is 8.63. The minimum atomic E-state index is -0.322. The van der Waals surface area contributed by atoms with Gasteiger partial charge in [0.1, 0.15) is 6.10 Å². The first kappa shape index (κ1) is 15.2. The van der Waals surface area contributed by atoms with E-state index in [9.17, 15) is 4.79 Å². The lowest BCUT2D eigenvalue weighted by Gasteiger charge is -2.33. The van der Waals surface area contributed by atoms with E-state index in [0.717, 1.165) is 45.3 Å². The number of nitrogens with zero attached hydrogens (tertiary/aromatic N) is 2. The zero-order chi connectivity index (χ0) is 15.6. The van der Waals surface area contributed by atoms with Crippen LogP contribution in [0.25, 0.3) is 0 Å². The maximum atomic E-state index is 12.5. The van der Waals surface area contributed by atoms with Crippen molar-refractivity contribution in [1.82, 2.24) is 9.96 Å². The lowest BCUT2D eigenvalue weighted by atomic mass is 9.91. The largest absolute Gasteiger partial charge is 0.472 e. The van der Waals surface area contributed by atoms with Gasteiger partial charge < -0.3 is 9.15 Å². The van der Waals surface area contributed by atoms with Gasteiger partial charge in [0, 0.05) is 25.2 Å². The van der Waals surface area contributed by atoms with Crippen molar-refractivity contribution in [2.24, 2.45) is 5.92 Å². The Labute approximate surface area is 136 Å². The zero-order valence-electron chi connectivity index (χ0n) is 13.4. The van der Waals surface area contributed by atoms with Gasteiger partial charge in [-0.05, 0) is 44.2 Å². The van der Waals surface area contributed by atoms with Crippen LogP contribution in [0.5, 0.6) is 0 Å². The van der Waals surface area contributed by atoms with Gasteiger partial charge in [-0.2, -0.15) is 0 Å². The van der Waals surface area contributed by atoms with Gasteiger partial charge in [-0.1, -0.05) is 0 Å². The molecule has 4 rings (SSSR count). The fourth-order valence-corrected chi connectivity index (χ4v) is 3.87. The molecule has 1 amide bonds. The monoisotopic (exact) mass is 320 g/mol. The van der Waals surface area contributed by atoms with Gasteiger partial charge in [0.15, 0.2) is 0 Å². The van der Waals surface area contributed by atoms with E-state index in [4.69, 9.17) is 14.0 Å². The predicted octanol–water partition coefficient (Wildman–Crippen LogP) is 1.81. The number of amides is 1. The number of furan rings is 1. The lowest BCUT2D eigenvalue weighted by Crippen LogP contribution is -2.43. The summed E-state index contributed by atoms with van der Waals surface area (Å²) >= 11 is 0. The number of carbonyl (C=O) groups is 1. The topological polar surface area (TPSA) is 55.2 Å². The molecule has 1 aromatic rings. The predicted molar refractivity (Wildman–Crippen MR) is 82.3 cm³/mol. The maximum absolute atomic E-state index is 12.5. The van der Waals surface area contributed by atoms with E-state index in [1.54, 1.807) is 12.5 Å². The van der Waals surface area contributed by atoms with Crippen molar-refractivity contribution >= 4 is 5.91 Å². The molecule has 0 aliphatic carbocycles. The average Bonchev–Trinajstić information content (AvgIpc) is 3.24. The number of carbonyl (C=O) groups excluding carboxylic acids is 1. The minimum absolute atomic E-state index is 0.0143. The number of fused-ring (bicyclic) bond motifs is 1. The number of hydrogen-bond acceptors (Lipinski definition) is 5. The van der Waals surface area contributed by atoms with Gasteiger partial charge in [0.25, 0.3) is 5.91 Å². The van der Waals surface area contributed by atoms with Crippen molar-refractivity contribution in [3.8, 4) is 0 Å². The molecule has 126 valence electrons. The van der Waals surface area contributed by atoms with E-state index in [1.165, 1.54) is 10.6 Å². The molecule has 0 N–H and O–H groups in total. The second-order valence-corrected chi connectivity index (χ2v) is 6.80. The fourth-order valence-electron chi connectivity index (χ4n) is 3.87. The van der Waals surface area contributed by atoms with Crippen LogP contribution in [0.1, 0.15) is 31.2 Å². The van der Waals surface area contributed by atoms with Crippen LogP contribution in [0.2, 0.25) is 0 Å². The third-order valence-corrected chi connectivity index (χ3v) is 5.15. The summed E-state index contributed by atoms with van der Waals surface area (Å²) in [4.78, 5) is 20.4. The summed E-state index contributed by atoms with van der Waals surface area (Å²) in [6.07, 6.45) is 7.32. The molecule has 3 fully saturated rings. The Morgan fingerprint density at radius 2 is 2.26 bits per heavy atom. The molecule has 0 radical (unpaired) electrons. The maximum Gasteiger partial charge on any atom is 0.275 e. The molecule has 3 atom stereocenters. The van der Waals surface area contributed by atoms with Crippen molar-refractivity contribution in [2.45, 2.75) is 44.4 Å². The van der Waals surface area contributed by atoms with E-state index in [2.05, 4.69) is 4.90 Å². The number of likely N-dealkylation sites (tertiary alicyclic amines) is 1. The molecule has 3 aliphatic heterocycles. The summed E-state index contributed by atoms with van der Waals surface area (Å²) in [5.41, 5.74) is 1.19. The van der Waals surface area contributed by atoms with Crippen LogP contribution in [-0.2, 0) is 20.9 Å². The first-order chi connectivity index (χ1) is 11.3. The first-order valence-corrected chi connectivity index (χ1v) is 8.63. The second kappa shape index (κ2) is 6.63. The van der Waals surface area contributed by atoms with Crippen molar-refractivity contribution in [3.05, 3.63) is 24.2 Å². The molecular weight excluding hydrogens is 296 g/mol. The van der Waals surface area contributed by atoms with Crippen LogP contribution in [0.15, 0.2) is 23.0 Å². The molecule has 1 aromatic heterocycles. The highest BCUT2D eigenvalue weighted by Gasteiger charge is 2.43. The Morgan fingerprint density at radius 1 is 1.30 bits per heavy atom. The summed E-state index contributed by atoms with van der Waals surface area (Å²) in [5.74, 6) is 0.509. The van der Waals surface area contributed by atoms with Crippen LogP contribution >= 0.6 is 0 Å². The molecule has 0 spiro atoms. The number of piperidine rings is 1. The highest BCUT2D eigenvalue weighted by molar-refractivity contribution is 5.80. The molecule has 0 saturated carbocycles. The van der Waals surface area contributed by atoms with Gasteiger partial charge >= 0.3 is 0 Å². The van der Waals surface area contributed by atoms with Crippen molar-refractivity contribution in [3.63, 3.8) is 0 Å². The van der Waals surface area contributed by atoms with Crippen LogP contribution < -0.4 is 0 Å². The molecule has 4 heterocycles. The zero-order valence-corrected chi connectivity index (χ0v) is 13.4. The number of rotatable bonds is 3. The SMILES string of the molecule is O=C([C@@H]1C[C@@H]2CCN(Cc3ccoc3)C[C@H]2O1)N1CCCCO1. The standard InChI is InChI=1S/C17H24N2O4/c20-17(19-5-1-2-7-22-19)15-9-14-3-6-18(11-16(14)23-15)10-13-4-8-21-12-13/h4,8,12,14-16H,1-3,5-7,9-11H2/t14-,15-,16+/m0/s1. The molecule has 0 unspecified atom stereocenters. The lowest BCUT2D eigenvalue weighted by molar-refractivity contribution is -0.206. The average molecular weight is 320 g/mol. The number of ether oxygens (including phenoxy) is 1. The Morgan fingerprint density at radius 3 is 3.04 bits per heavy atom. The van der Waals surface area contributed by atoms with Crippen LogP contribution in [-0.4, -0.2) is 54.3 Å². The van der Waals surface area contributed by atoms with E-state index < -0.39 is 0 Å². The van der Waals surface area contributed by atoms with Gasteiger partial charge in [0.05, 0.1) is 25.2 Å². The summed E-state index contributed by atoms with van der Waals surface area (Å²) in [5, 5.41) is 1.52. The molecule has 0 bridgehead atoms. The second-order valence-electron chi connectivity index (χ2n) is 6.80. The summed E-state index contributed by atoms with van der Waals surface area (Å²) < 4.78 is 11.2. The molecule has 3 aliphatic rings. The van der Waals surface area contributed by atoms with Crippen molar-refractivity contribution < 1.29 is 18.8 Å². The van der Waals surface area contributed by atoms with Crippen LogP contribution in [0.3, 0.4) is 0 Å². The third kappa shape index (κ3) is 3.29. The van der Waals surface area contributed by atoms with Gasteiger partial charge in [-0.15, -0.1) is 0 Å². The smallest absolute Gasteiger partial charge is 0.275 e. The Kier molecular flexibility index (Phi) is 4.37. The third-order valence-electron chi connectivity index (χ3n) is 5.15. The quantitative estimate of drug-likeness (QED) is 0.850. The van der Waals surface area contributed by atoms with Gasteiger partial charge in [-0.25, -0.2) is 5.06 Å². The summed E-state index contributed by atoms with van der Waals surface area (Å²) in [6, 6.07) is 2.00. The Bertz CT molecular complexity index is 527. The molecule has 6 nitrogen and oxygen atoms in total. The Balaban J connectivity index is 1.33. The molecule has 23 heavy (non-hydrogen) atoms. The molecule has 6 heteroatoms. The summed E-state index contributed by atoms with van der Waals surface area (Å²) in [7, 11) is 0. The van der Waals surface area contributed by atoms with E-state index >= 15 is 0 Å². The van der Waals surface area contributed by atoms with E-state index in [0.29, 0.717) is 19.1 Å². The van der Waals surface area contributed by atoms with Crippen molar-refractivity contribution in [1.29, 1.82) is 0 Å². The normalized spacial score (nSPS) is 32.0. The van der Waals surface area contributed by atoms with Gasteiger partial charge in [0.2, 0.25) is 0 Å². The van der Waals surface area contributed by atoms with E-state index in [-0.39, 0.29) is 18.1 Å². The van der Waals surface area contributed by atoms with Gasteiger partial charge in [-0.3, -0.25) is 14.5 Å². The fraction of sp³-hybridized carbons (Fsp3) is 0.706. The summed E-state index contributed by atoms with van der Waals surface area (Å²) in [6.45, 7) is 4.17. The minimum Gasteiger partial charge on any atom is -0.472 e. The number of hydroxylamine groups is 2. The molecule has 3 saturated heterocycles. The molecule has 0 aromatic carbocycles. The van der Waals surface area contributed by atoms with Crippen molar-refractivity contribution in [2.75, 3.05) is 26.2 Å². The molecular formula is C17H24N2O4. The highest BCUT2D eigenvalue weighted by atomic mass is 16.7.